The van der Waals surface area contributed by atoms with Crippen LogP contribution in [0.25, 0.3) is 0 Å². The van der Waals surface area contributed by atoms with Gasteiger partial charge in [-0.15, -0.1) is 0 Å². The number of carbonyl (C=O) groups excluding carboxylic acids is 3. The Kier molecular flexibility index (Phi) is 5.50. The predicted molar refractivity (Wildman–Crippen MR) is 73.8 cm³/mol. The normalized spacial score (nSPS) is 26.5. The summed E-state index contributed by atoms with van der Waals surface area (Å²) >= 11 is 0. The number of ether oxygens (including phenoxy) is 1. The largest absolute Gasteiger partial charge is 0.430 e. The van der Waals surface area contributed by atoms with E-state index in [1.54, 1.807) is 0 Å². The maximum absolute atomic E-state index is 12.0. The summed E-state index contributed by atoms with van der Waals surface area (Å²) in [4.78, 5) is 35.7. The molecular formula is C16H22O4. The molecule has 0 spiro atoms. The van der Waals surface area contributed by atoms with E-state index in [0.29, 0.717) is 18.6 Å². The molecule has 4 nitrogen and oxygen atoms in total. The first kappa shape index (κ1) is 14.9. The van der Waals surface area contributed by atoms with E-state index in [-0.39, 0.29) is 5.78 Å². The van der Waals surface area contributed by atoms with Crippen LogP contribution in [0.5, 0.6) is 0 Å². The van der Waals surface area contributed by atoms with Crippen molar-refractivity contribution in [2.45, 2.75) is 64.2 Å². The predicted octanol–water partition coefficient (Wildman–Crippen LogP) is 3.10. The second-order valence-corrected chi connectivity index (χ2v) is 5.66. The molecule has 0 aromatic heterocycles. The monoisotopic (exact) mass is 278 g/mol. The maximum Gasteiger partial charge on any atom is 0.329 e. The lowest BCUT2D eigenvalue weighted by Gasteiger charge is -2.19. The van der Waals surface area contributed by atoms with Crippen molar-refractivity contribution in [1.82, 2.24) is 0 Å². The van der Waals surface area contributed by atoms with Crippen molar-refractivity contribution in [3.8, 4) is 0 Å². The Morgan fingerprint density at radius 2 is 1.35 bits per heavy atom. The molecule has 2 heterocycles. The zero-order valence-corrected chi connectivity index (χ0v) is 11.9. The number of Topliss-reactive ketones (excluding diaryl/α,β-unsaturated/α-hetero) is 1. The fraction of sp³-hybridized carbons (Fsp3) is 0.688. The Bertz CT molecular complexity index is 422. The van der Waals surface area contributed by atoms with Crippen LogP contribution in [0.15, 0.2) is 11.8 Å². The molecule has 4 heteroatoms. The van der Waals surface area contributed by atoms with E-state index in [0.717, 1.165) is 32.1 Å². The van der Waals surface area contributed by atoms with Crippen molar-refractivity contribution >= 4 is 17.5 Å². The van der Waals surface area contributed by atoms with Gasteiger partial charge in [-0.2, -0.15) is 0 Å². The van der Waals surface area contributed by atoms with E-state index in [9.17, 15) is 14.4 Å². The second-order valence-electron chi connectivity index (χ2n) is 5.66. The minimum Gasteiger partial charge on any atom is -0.430 e. The van der Waals surface area contributed by atoms with Gasteiger partial charge < -0.3 is 4.74 Å². The number of esters is 1. The van der Waals surface area contributed by atoms with Gasteiger partial charge in [-0.3, -0.25) is 14.4 Å². The lowest BCUT2D eigenvalue weighted by molar-refractivity contribution is -0.153. The Morgan fingerprint density at radius 3 is 1.95 bits per heavy atom. The van der Waals surface area contributed by atoms with Gasteiger partial charge >= 0.3 is 5.97 Å². The molecule has 110 valence electrons. The number of rotatable bonds is 0. The molecule has 0 aromatic carbocycles. The van der Waals surface area contributed by atoms with Gasteiger partial charge in [-0.25, -0.2) is 0 Å². The number of hydrogen-bond donors (Lipinski definition) is 0. The lowest BCUT2D eigenvalue weighted by Crippen LogP contribution is -2.35. The molecule has 1 atom stereocenters. The first-order chi connectivity index (χ1) is 9.68. The average molecular weight is 278 g/mol. The fourth-order valence-corrected chi connectivity index (χ4v) is 2.79. The zero-order valence-electron chi connectivity index (χ0n) is 11.9. The Morgan fingerprint density at radius 1 is 0.800 bits per heavy atom. The summed E-state index contributed by atoms with van der Waals surface area (Å²) < 4.78 is 5.15. The minimum absolute atomic E-state index is 0.287. The molecule has 3 rings (SSSR count). The van der Waals surface area contributed by atoms with E-state index in [1.807, 2.05) is 0 Å². The first-order valence-corrected chi connectivity index (χ1v) is 7.67. The molecule has 0 amide bonds. The summed E-state index contributed by atoms with van der Waals surface area (Å²) in [6.45, 7) is 0. The van der Waals surface area contributed by atoms with E-state index >= 15 is 0 Å². The number of fused-ring (bicyclic) bond motifs is 12. The van der Waals surface area contributed by atoms with Crippen molar-refractivity contribution in [3.63, 3.8) is 0 Å². The number of carbonyl (C=O) groups is 3. The van der Waals surface area contributed by atoms with Gasteiger partial charge in [0.05, 0.1) is 0 Å². The average Bonchev–Trinajstić information content (AvgIpc) is 2.40. The van der Waals surface area contributed by atoms with Crippen LogP contribution >= 0.6 is 0 Å². The topological polar surface area (TPSA) is 60.4 Å². The van der Waals surface area contributed by atoms with Crippen molar-refractivity contribution < 1.29 is 19.1 Å². The molecule has 0 N–H and O–H groups in total. The second kappa shape index (κ2) is 7.36. The van der Waals surface area contributed by atoms with E-state index in [4.69, 9.17) is 4.74 Å². The van der Waals surface area contributed by atoms with Crippen molar-refractivity contribution in [2.24, 2.45) is 5.92 Å². The third kappa shape index (κ3) is 4.02. The van der Waals surface area contributed by atoms with Crippen molar-refractivity contribution in [2.75, 3.05) is 0 Å². The van der Waals surface area contributed by atoms with E-state index in [1.165, 1.54) is 25.3 Å². The first-order valence-electron chi connectivity index (χ1n) is 7.67. The molecule has 1 aliphatic carbocycles. The van der Waals surface area contributed by atoms with Crippen LogP contribution in [0.2, 0.25) is 0 Å². The van der Waals surface area contributed by atoms with Crippen LogP contribution in [-0.2, 0) is 19.1 Å². The van der Waals surface area contributed by atoms with Gasteiger partial charge in [0.15, 0.2) is 17.5 Å². The van der Waals surface area contributed by atoms with Crippen LogP contribution < -0.4 is 0 Å². The standard InChI is InChI=1S/C16H22O4/c17-13-10-8-6-4-2-1-3-5-7-9-12-11-14(18)15(13)16(19)20-12/h11,15H,1-10H2. The van der Waals surface area contributed by atoms with Gasteiger partial charge in [-0.05, 0) is 12.8 Å². The molecule has 0 aromatic rings. The highest BCUT2D eigenvalue weighted by Gasteiger charge is 2.37. The van der Waals surface area contributed by atoms with Gasteiger partial charge in [0.2, 0.25) is 0 Å². The van der Waals surface area contributed by atoms with Gasteiger partial charge in [-0.1, -0.05) is 38.5 Å². The van der Waals surface area contributed by atoms with Gasteiger partial charge in [0, 0.05) is 18.9 Å². The van der Waals surface area contributed by atoms with Crippen LogP contribution in [-0.4, -0.2) is 17.5 Å². The van der Waals surface area contributed by atoms with Gasteiger partial charge in [0.1, 0.15) is 5.76 Å². The van der Waals surface area contributed by atoms with Crippen LogP contribution in [0, 0.1) is 5.92 Å². The third-order valence-electron chi connectivity index (χ3n) is 3.97. The minimum atomic E-state index is -1.20. The van der Waals surface area contributed by atoms with Crippen molar-refractivity contribution in [1.29, 1.82) is 0 Å². The molecule has 2 bridgehead atoms. The zero-order chi connectivity index (χ0) is 14.4. The summed E-state index contributed by atoms with van der Waals surface area (Å²) in [5.74, 6) is -2.13. The molecular weight excluding hydrogens is 256 g/mol. The summed E-state index contributed by atoms with van der Waals surface area (Å²) in [7, 11) is 0. The summed E-state index contributed by atoms with van der Waals surface area (Å²) in [5, 5.41) is 0. The lowest BCUT2D eigenvalue weighted by atomic mass is 9.92. The molecule has 20 heavy (non-hydrogen) atoms. The molecule has 3 aliphatic rings. The number of ketones is 2. The molecule has 1 saturated heterocycles. The summed E-state index contributed by atoms with van der Waals surface area (Å²) in [6, 6.07) is 0. The van der Waals surface area contributed by atoms with Crippen LogP contribution in [0.4, 0.5) is 0 Å². The smallest absolute Gasteiger partial charge is 0.329 e. The van der Waals surface area contributed by atoms with Gasteiger partial charge in [0.25, 0.3) is 0 Å². The van der Waals surface area contributed by atoms with Crippen molar-refractivity contribution in [3.05, 3.63) is 11.8 Å². The highest BCUT2D eigenvalue weighted by atomic mass is 16.5. The van der Waals surface area contributed by atoms with E-state index in [2.05, 4.69) is 0 Å². The Labute approximate surface area is 119 Å². The highest BCUT2D eigenvalue weighted by molar-refractivity contribution is 6.22. The van der Waals surface area contributed by atoms with Crippen LogP contribution in [0.1, 0.15) is 64.2 Å². The van der Waals surface area contributed by atoms with E-state index < -0.39 is 17.7 Å². The molecule has 0 radical (unpaired) electrons. The quantitative estimate of drug-likeness (QED) is 0.504. The number of hydrogen-bond acceptors (Lipinski definition) is 4. The summed E-state index contributed by atoms with van der Waals surface area (Å²) in [5.41, 5.74) is 0. The number of allylic oxidation sites excluding steroid dienone is 2. The molecule has 0 saturated carbocycles. The molecule has 2 aliphatic heterocycles. The highest BCUT2D eigenvalue weighted by Crippen LogP contribution is 2.23. The SMILES string of the molecule is O=C1C=C2CCCCCCCCCCC(=O)C1C(=O)O2. The Balaban J connectivity index is 2.06. The fourth-order valence-electron chi connectivity index (χ4n) is 2.79. The molecule has 1 unspecified atom stereocenters. The molecule has 1 fully saturated rings. The van der Waals surface area contributed by atoms with Crippen LogP contribution in [0.3, 0.4) is 0 Å². The third-order valence-corrected chi connectivity index (χ3v) is 3.97. The maximum atomic E-state index is 12.0. The summed E-state index contributed by atoms with van der Waals surface area (Å²) in [6.07, 6.45) is 10.7. The Hall–Kier alpha value is -1.45.